The molecular formula is C13H7F4I2O-. The molecule has 0 aliphatic heterocycles. The van der Waals surface area contributed by atoms with Crippen molar-refractivity contribution in [2.24, 2.45) is 0 Å². The van der Waals surface area contributed by atoms with Gasteiger partial charge in [-0.1, -0.05) is 0 Å². The van der Waals surface area contributed by atoms with Gasteiger partial charge in [0.05, 0.1) is 0 Å². The average Bonchev–Trinajstić information content (AvgIpc) is 2.37. The van der Waals surface area contributed by atoms with Gasteiger partial charge in [0.25, 0.3) is 0 Å². The Morgan fingerprint density at radius 3 is 2.20 bits per heavy atom. The molecule has 108 valence electrons. The van der Waals surface area contributed by atoms with E-state index in [4.69, 9.17) is 3.07 Å². The van der Waals surface area contributed by atoms with Crippen LogP contribution < -0.4 is 24.7 Å². The summed E-state index contributed by atoms with van der Waals surface area (Å²) in [5.41, 5.74) is 0.444. The molecule has 2 aromatic rings. The monoisotopic (exact) mass is 509 g/mol. The van der Waals surface area contributed by atoms with Crippen LogP contribution in [0.2, 0.25) is 0 Å². The molecule has 0 saturated heterocycles. The Bertz CT molecular complexity index is 638. The van der Waals surface area contributed by atoms with E-state index in [1.165, 1.54) is 24.3 Å². The van der Waals surface area contributed by atoms with Gasteiger partial charge in [0.15, 0.2) is 0 Å². The van der Waals surface area contributed by atoms with Crippen LogP contribution in [-0.2, 0) is 0 Å². The van der Waals surface area contributed by atoms with Crippen LogP contribution in [0.4, 0.5) is 17.6 Å². The first-order chi connectivity index (χ1) is 9.40. The van der Waals surface area contributed by atoms with Crippen molar-refractivity contribution in [3.8, 4) is 5.75 Å². The van der Waals surface area contributed by atoms with Crippen molar-refractivity contribution in [1.29, 1.82) is 0 Å². The number of benzene rings is 2. The molecule has 1 nitrogen and oxygen atoms in total. The van der Waals surface area contributed by atoms with Crippen LogP contribution in [0.5, 0.6) is 5.75 Å². The number of hydrogen-bond acceptors (Lipinski definition) is 1. The zero-order valence-electron chi connectivity index (χ0n) is 9.99. The summed E-state index contributed by atoms with van der Waals surface area (Å²) in [6, 6.07) is 4.92. The molecule has 0 saturated carbocycles. The van der Waals surface area contributed by atoms with E-state index >= 15 is 0 Å². The molecule has 0 unspecified atom stereocenters. The normalized spacial score (nSPS) is 10.9. The summed E-state index contributed by atoms with van der Waals surface area (Å²) < 4.78 is 59.0. The number of aryl methyl sites for hydroxylation is 1. The third-order valence-corrected chi connectivity index (χ3v) is 5.33. The molecule has 20 heavy (non-hydrogen) atoms. The second kappa shape index (κ2) is 6.46. The first-order valence-corrected chi connectivity index (χ1v) is 8.35. The molecule has 0 radical (unpaired) electrons. The number of rotatable bonds is 3. The molecule has 0 aliphatic rings. The van der Waals surface area contributed by atoms with Crippen LogP contribution in [0.25, 0.3) is 0 Å². The average molecular weight is 509 g/mol. The Kier molecular flexibility index (Phi) is 5.10. The van der Waals surface area contributed by atoms with E-state index in [9.17, 15) is 17.6 Å². The molecule has 0 N–H and O–H groups in total. The molecule has 0 amide bonds. The zero-order chi connectivity index (χ0) is 14.9. The maximum absolute atomic E-state index is 13.6. The van der Waals surface area contributed by atoms with Crippen molar-refractivity contribution in [1.82, 2.24) is 0 Å². The molecule has 7 heteroatoms. The second-order valence-corrected chi connectivity index (χ2v) is 6.99. The van der Waals surface area contributed by atoms with Crippen molar-refractivity contribution in [3.05, 3.63) is 60.2 Å². The fourth-order valence-corrected chi connectivity index (χ4v) is 3.35. The van der Waals surface area contributed by atoms with Gasteiger partial charge in [-0.3, -0.25) is 0 Å². The molecule has 0 bridgehead atoms. The molecule has 0 aliphatic carbocycles. The molecule has 2 aromatic carbocycles. The van der Waals surface area contributed by atoms with Gasteiger partial charge >= 0.3 is 138 Å². The van der Waals surface area contributed by atoms with Gasteiger partial charge in [-0.2, -0.15) is 0 Å². The molecule has 0 atom stereocenters. The van der Waals surface area contributed by atoms with E-state index in [1.54, 1.807) is 29.5 Å². The molecule has 2 rings (SSSR count). The quantitative estimate of drug-likeness (QED) is 0.346. The summed E-state index contributed by atoms with van der Waals surface area (Å²) in [5, 5.41) is 0. The molecule has 0 fully saturated rings. The Labute approximate surface area is 137 Å². The number of hydrogen-bond donors (Lipinski definition) is 0. The Morgan fingerprint density at radius 2 is 1.60 bits per heavy atom. The molecule has 0 aromatic heterocycles. The Morgan fingerprint density at radius 1 is 1.00 bits per heavy atom. The van der Waals surface area contributed by atoms with Gasteiger partial charge in [0.1, 0.15) is 0 Å². The summed E-state index contributed by atoms with van der Waals surface area (Å²) in [5.74, 6) is -3.99. The Hall–Kier alpha value is -0.580. The summed E-state index contributed by atoms with van der Waals surface area (Å²) in [7, 11) is 0. The molecule has 0 spiro atoms. The first-order valence-electron chi connectivity index (χ1n) is 5.31. The predicted octanol–water partition coefficient (Wildman–Crippen LogP) is 1.41. The summed E-state index contributed by atoms with van der Waals surface area (Å²) in [6.07, 6.45) is 0. The van der Waals surface area contributed by atoms with Crippen LogP contribution in [-0.4, -0.2) is 0 Å². The standard InChI is InChI=1S/C13H7F4I2O/c1-6-4-7(14)13(8(15)5-6)19-20-10-3-2-9(18)11(16)12(10)17/h2-5H,1H3/q-1. The minimum atomic E-state index is -1.61. The third kappa shape index (κ3) is 3.35. The van der Waals surface area contributed by atoms with E-state index < -0.39 is 44.9 Å². The van der Waals surface area contributed by atoms with Crippen molar-refractivity contribution >= 4 is 22.6 Å². The van der Waals surface area contributed by atoms with Crippen LogP contribution >= 0.6 is 22.6 Å². The van der Waals surface area contributed by atoms with Crippen LogP contribution in [0, 0.1) is 37.3 Å². The predicted molar refractivity (Wildman–Crippen MR) is 69.5 cm³/mol. The maximum atomic E-state index is 13.6. The van der Waals surface area contributed by atoms with Crippen molar-refractivity contribution in [2.75, 3.05) is 0 Å². The summed E-state index contributed by atoms with van der Waals surface area (Å²) >= 11 is 0.0326. The Balaban J connectivity index is 2.24. The van der Waals surface area contributed by atoms with Crippen LogP contribution in [0.1, 0.15) is 5.56 Å². The van der Waals surface area contributed by atoms with Crippen molar-refractivity contribution in [2.45, 2.75) is 6.92 Å². The molecular weight excluding hydrogens is 502 g/mol. The topological polar surface area (TPSA) is 9.23 Å². The van der Waals surface area contributed by atoms with E-state index in [-0.39, 0.29) is 12.9 Å². The third-order valence-electron chi connectivity index (χ3n) is 2.33. The fraction of sp³-hybridized carbons (Fsp3) is 0.0769. The van der Waals surface area contributed by atoms with Crippen LogP contribution in [0.3, 0.4) is 0 Å². The zero-order valence-corrected chi connectivity index (χ0v) is 14.3. The summed E-state index contributed by atoms with van der Waals surface area (Å²) in [6.45, 7) is 1.56. The van der Waals surface area contributed by atoms with Gasteiger partial charge in [-0.05, 0) is 0 Å². The van der Waals surface area contributed by atoms with E-state index in [0.29, 0.717) is 5.56 Å². The second-order valence-electron chi connectivity index (χ2n) is 3.87. The fourth-order valence-electron chi connectivity index (χ4n) is 1.40. The van der Waals surface area contributed by atoms with Gasteiger partial charge in [-0.25, -0.2) is 0 Å². The van der Waals surface area contributed by atoms with E-state index in [2.05, 4.69) is 0 Å². The van der Waals surface area contributed by atoms with Crippen molar-refractivity contribution < 1.29 is 42.2 Å². The van der Waals surface area contributed by atoms with E-state index in [1.807, 2.05) is 0 Å². The van der Waals surface area contributed by atoms with Gasteiger partial charge in [0, 0.05) is 0 Å². The van der Waals surface area contributed by atoms with Gasteiger partial charge in [-0.15, -0.1) is 0 Å². The van der Waals surface area contributed by atoms with Gasteiger partial charge in [0.2, 0.25) is 0 Å². The van der Waals surface area contributed by atoms with Crippen LogP contribution in [0.15, 0.2) is 24.3 Å². The first kappa shape index (κ1) is 15.8. The summed E-state index contributed by atoms with van der Waals surface area (Å²) in [4.78, 5) is 0. The number of halogens is 6. The van der Waals surface area contributed by atoms with Gasteiger partial charge < -0.3 is 0 Å². The minimum absolute atomic E-state index is 0.110. The molecule has 0 heterocycles. The SMILES string of the molecule is Cc1cc(F)c([I-]Oc2ccc(I)c(F)c2F)c(F)c1. The van der Waals surface area contributed by atoms with Crippen molar-refractivity contribution in [3.63, 3.8) is 0 Å². The van der Waals surface area contributed by atoms with E-state index in [0.717, 1.165) is 0 Å².